The van der Waals surface area contributed by atoms with E-state index in [0.717, 1.165) is 23.6 Å². The molecule has 0 aromatic heterocycles. The lowest BCUT2D eigenvalue weighted by Crippen LogP contribution is -2.35. The van der Waals surface area contributed by atoms with Crippen LogP contribution in [0.4, 0.5) is 0 Å². The molecule has 0 radical (unpaired) electrons. The lowest BCUT2D eigenvalue weighted by Gasteiger charge is -2.28. The molecule has 1 aliphatic rings. The third-order valence-electron chi connectivity index (χ3n) is 3.59. The van der Waals surface area contributed by atoms with E-state index in [2.05, 4.69) is 12.2 Å². The van der Waals surface area contributed by atoms with E-state index >= 15 is 0 Å². The van der Waals surface area contributed by atoms with Crippen LogP contribution in [0.3, 0.4) is 0 Å². The normalized spacial score (nSPS) is 18.3. The first-order valence-electron chi connectivity index (χ1n) is 6.88. The molecule has 1 saturated carbocycles. The molecule has 0 bridgehead atoms. The number of hydrogen-bond acceptors (Lipinski definition) is 2. The van der Waals surface area contributed by atoms with Crippen LogP contribution in [0.25, 0.3) is 0 Å². The van der Waals surface area contributed by atoms with Gasteiger partial charge in [0.05, 0.1) is 12.1 Å². The average molecular weight is 302 g/mol. The van der Waals surface area contributed by atoms with Gasteiger partial charge in [-0.15, -0.1) is 0 Å². The molecule has 2 nitrogen and oxygen atoms in total. The first-order chi connectivity index (χ1) is 9.17. The van der Waals surface area contributed by atoms with Gasteiger partial charge in [-0.2, -0.15) is 0 Å². The van der Waals surface area contributed by atoms with Crippen molar-refractivity contribution in [2.45, 2.75) is 38.3 Å². The zero-order chi connectivity index (χ0) is 13.8. The van der Waals surface area contributed by atoms with Gasteiger partial charge in [0.15, 0.2) is 0 Å². The monoisotopic (exact) mass is 301 g/mol. The molecule has 0 spiro atoms. The second kappa shape index (κ2) is 6.94. The molecule has 2 unspecified atom stereocenters. The summed E-state index contributed by atoms with van der Waals surface area (Å²) in [5.74, 6) is 0.634. The van der Waals surface area contributed by atoms with Crippen LogP contribution in [0.2, 0.25) is 10.0 Å². The van der Waals surface area contributed by atoms with Crippen molar-refractivity contribution in [3.8, 4) is 0 Å². The summed E-state index contributed by atoms with van der Waals surface area (Å²) >= 11 is 12.5. The minimum absolute atomic E-state index is 0.114. The van der Waals surface area contributed by atoms with Crippen LogP contribution >= 0.6 is 23.2 Å². The van der Waals surface area contributed by atoms with Gasteiger partial charge in [-0.3, -0.25) is 0 Å². The maximum atomic E-state index is 6.34. The molecule has 106 valence electrons. The number of nitrogens with one attached hydrogen (secondary N) is 1. The van der Waals surface area contributed by atoms with Crippen molar-refractivity contribution in [3.63, 3.8) is 0 Å². The van der Waals surface area contributed by atoms with Gasteiger partial charge in [0.1, 0.15) is 0 Å². The van der Waals surface area contributed by atoms with Crippen LogP contribution in [-0.2, 0) is 4.74 Å². The molecular weight excluding hydrogens is 281 g/mol. The van der Waals surface area contributed by atoms with E-state index in [1.54, 1.807) is 7.11 Å². The summed E-state index contributed by atoms with van der Waals surface area (Å²) in [5, 5.41) is 5.02. The van der Waals surface area contributed by atoms with E-state index in [1.807, 2.05) is 18.2 Å². The Morgan fingerprint density at radius 1 is 1.37 bits per heavy atom. The number of halogens is 2. The van der Waals surface area contributed by atoms with E-state index in [0.29, 0.717) is 10.9 Å². The number of rotatable bonds is 7. The maximum Gasteiger partial charge on any atom is 0.0794 e. The van der Waals surface area contributed by atoms with Crippen LogP contribution in [0.1, 0.15) is 37.8 Å². The minimum Gasteiger partial charge on any atom is -0.379 e. The molecule has 0 amide bonds. The largest absolute Gasteiger partial charge is 0.379 e. The van der Waals surface area contributed by atoms with Crippen molar-refractivity contribution >= 4 is 23.2 Å². The van der Waals surface area contributed by atoms with Crippen molar-refractivity contribution < 1.29 is 4.74 Å². The van der Waals surface area contributed by atoms with Crippen LogP contribution in [-0.4, -0.2) is 19.8 Å². The van der Waals surface area contributed by atoms with E-state index in [-0.39, 0.29) is 12.1 Å². The zero-order valence-corrected chi connectivity index (χ0v) is 13.0. The molecule has 1 aromatic rings. The number of methoxy groups -OCH3 is 1. The fourth-order valence-corrected chi connectivity index (χ4v) is 2.90. The SMILES string of the molecule is CCCNC(c1cc(Cl)ccc1Cl)C(OC)C1CC1. The van der Waals surface area contributed by atoms with Crippen LogP contribution in [0.5, 0.6) is 0 Å². The predicted molar refractivity (Wildman–Crippen MR) is 81.0 cm³/mol. The Labute approximate surface area is 125 Å². The molecule has 1 aromatic carbocycles. The van der Waals surface area contributed by atoms with Crippen LogP contribution in [0.15, 0.2) is 18.2 Å². The Kier molecular flexibility index (Phi) is 5.52. The molecule has 19 heavy (non-hydrogen) atoms. The summed E-state index contributed by atoms with van der Waals surface area (Å²) in [4.78, 5) is 0. The highest BCUT2D eigenvalue weighted by Gasteiger charge is 2.38. The quantitative estimate of drug-likeness (QED) is 0.803. The molecule has 1 aliphatic carbocycles. The summed E-state index contributed by atoms with van der Waals surface area (Å²) in [6.07, 6.45) is 3.72. The molecule has 0 heterocycles. The van der Waals surface area contributed by atoms with Gasteiger partial charge in [0.2, 0.25) is 0 Å². The van der Waals surface area contributed by atoms with Gasteiger partial charge < -0.3 is 10.1 Å². The van der Waals surface area contributed by atoms with Gasteiger partial charge in [-0.25, -0.2) is 0 Å². The fraction of sp³-hybridized carbons (Fsp3) is 0.600. The topological polar surface area (TPSA) is 21.3 Å². The van der Waals surface area contributed by atoms with Gasteiger partial charge >= 0.3 is 0 Å². The summed E-state index contributed by atoms with van der Waals surface area (Å²) in [7, 11) is 1.78. The van der Waals surface area contributed by atoms with Crippen LogP contribution in [0, 0.1) is 5.92 Å². The highest BCUT2D eigenvalue weighted by atomic mass is 35.5. The van der Waals surface area contributed by atoms with Crippen molar-refractivity contribution in [2.24, 2.45) is 5.92 Å². The molecule has 2 atom stereocenters. The second-order valence-electron chi connectivity index (χ2n) is 5.14. The predicted octanol–water partition coefficient (Wildman–Crippen LogP) is 4.46. The average Bonchev–Trinajstić information content (AvgIpc) is 3.22. The molecule has 2 rings (SSSR count). The standard InChI is InChI=1S/C15H21Cl2NO/c1-3-8-18-14(15(19-2)10-4-5-10)12-9-11(16)6-7-13(12)17/h6-7,9-10,14-15,18H,3-5,8H2,1-2H3. The maximum absolute atomic E-state index is 6.34. The van der Waals surface area contributed by atoms with Crippen molar-refractivity contribution in [1.82, 2.24) is 5.32 Å². The molecule has 1 N–H and O–H groups in total. The Balaban J connectivity index is 2.26. The third kappa shape index (κ3) is 3.85. The lowest BCUT2D eigenvalue weighted by atomic mass is 9.97. The Morgan fingerprint density at radius 3 is 2.68 bits per heavy atom. The first kappa shape index (κ1) is 15.1. The Bertz CT molecular complexity index is 421. The fourth-order valence-electron chi connectivity index (χ4n) is 2.48. The van der Waals surface area contributed by atoms with E-state index in [1.165, 1.54) is 12.8 Å². The van der Waals surface area contributed by atoms with Gasteiger partial charge in [-0.05, 0) is 55.5 Å². The number of hydrogen-bond donors (Lipinski definition) is 1. The Hall–Kier alpha value is -0.280. The van der Waals surface area contributed by atoms with E-state index < -0.39 is 0 Å². The third-order valence-corrected chi connectivity index (χ3v) is 4.17. The zero-order valence-electron chi connectivity index (χ0n) is 11.5. The van der Waals surface area contributed by atoms with Crippen molar-refractivity contribution in [2.75, 3.05) is 13.7 Å². The van der Waals surface area contributed by atoms with E-state index in [4.69, 9.17) is 27.9 Å². The highest BCUT2D eigenvalue weighted by molar-refractivity contribution is 6.33. The first-order valence-corrected chi connectivity index (χ1v) is 7.64. The number of benzene rings is 1. The molecule has 4 heteroatoms. The molecule has 0 saturated heterocycles. The van der Waals surface area contributed by atoms with Gasteiger partial charge in [0.25, 0.3) is 0 Å². The molecule has 1 fully saturated rings. The molecular formula is C15H21Cl2NO. The highest BCUT2D eigenvalue weighted by Crippen LogP contribution is 2.41. The van der Waals surface area contributed by atoms with Gasteiger partial charge in [0, 0.05) is 17.2 Å². The Morgan fingerprint density at radius 2 is 2.11 bits per heavy atom. The smallest absolute Gasteiger partial charge is 0.0794 e. The summed E-state index contributed by atoms with van der Waals surface area (Å²) in [6.45, 7) is 3.10. The summed E-state index contributed by atoms with van der Waals surface area (Å²) in [5.41, 5.74) is 1.04. The van der Waals surface area contributed by atoms with Crippen molar-refractivity contribution in [1.29, 1.82) is 0 Å². The molecule has 0 aliphatic heterocycles. The number of ether oxygens (including phenoxy) is 1. The lowest BCUT2D eigenvalue weighted by molar-refractivity contribution is 0.0507. The summed E-state index contributed by atoms with van der Waals surface area (Å²) in [6, 6.07) is 5.75. The van der Waals surface area contributed by atoms with Crippen LogP contribution < -0.4 is 5.32 Å². The van der Waals surface area contributed by atoms with E-state index in [9.17, 15) is 0 Å². The summed E-state index contributed by atoms with van der Waals surface area (Å²) < 4.78 is 5.72. The minimum atomic E-state index is 0.114. The van der Waals surface area contributed by atoms with Gasteiger partial charge in [-0.1, -0.05) is 30.1 Å². The second-order valence-corrected chi connectivity index (χ2v) is 5.98. The van der Waals surface area contributed by atoms with Crippen molar-refractivity contribution in [3.05, 3.63) is 33.8 Å².